The maximum atomic E-state index is 14.6. The van der Waals surface area contributed by atoms with Gasteiger partial charge in [-0.15, -0.1) is 0 Å². The van der Waals surface area contributed by atoms with Gasteiger partial charge in [-0.3, -0.25) is 38.4 Å². The Bertz CT molecular complexity index is 2370. The minimum Gasteiger partial charge on any atom is -0.508 e. The first-order valence-electron chi connectivity index (χ1n) is 26.1. The van der Waals surface area contributed by atoms with Crippen LogP contribution in [0.15, 0.2) is 48.5 Å². The molecule has 27 nitrogen and oxygen atoms in total. The number of nitrogens with one attached hydrogen (secondary N) is 5. The molecule has 3 saturated heterocycles. The van der Waals surface area contributed by atoms with Gasteiger partial charge >= 0.3 is 0 Å². The second-order valence-corrected chi connectivity index (χ2v) is 19.8. The van der Waals surface area contributed by atoms with Crippen molar-refractivity contribution in [3.8, 4) is 11.5 Å². The number of primary amides is 1. The molecule has 8 amide bonds. The SMILES string of the molecule is CCCCCCCCOc1ccc(C(=O)N[C@H]2C[C@@H](O)[C@@H](OCCN)NC(=O)C3[C@@H](O)CCN3C(=O)C([C@@H](O)CC(N)=O)NC(=O)C([C@H](O)[C@@H](O)c3ccc(O)cc3)NC(=O)C3CC(O)CN3C(=O)C([C@@H](C)O)NC2=O)cc1. The highest BCUT2D eigenvalue weighted by Crippen LogP contribution is 2.26. The van der Waals surface area contributed by atoms with E-state index in [-0.39, 0.29) is 36.4 Å². The van der Waals surface area contributed by atoms with Gasteiger partial charge in [0, 0.05) is 38.0 Å². The van der Waals surface area contributed by atoms with Crippen molar-refractivity contribution in [1.29, 1.82) is 0 Å². The number of nitrogens with zero attached hydrogens (tertiary/aromatic N) is 2. The van der Waals surface area contributed by atoms with Crippen LogP contribution in [0.1, 0.15) is 100 Å². The first-order chi connectivity index (χ1) is 37.1. The average molecular weight is 1100 g/mol. The number of carbonyl (C=O) groups is 8. The summed E-state index contributed by atoms with van der Waals surface area (Å²) in [6.07, 6.45) is -11.8. The van der Waals surface area contributed by atoms with Crippen molar-refractivity contribution >= 4 is 47.3 Å². The Morgan fingerprint density at radius 1 is 0.744 bits per heavy atom. The average Bonchev–Trinajstić information content (AvgIpc) is 4.00. The highest BCUT2D eigenvalue weighted by atomic mass is 16.5. The van der Waals surface area contributed by atoms with Gasteiger partial charge in [0.25, 0.3) is 5.91 Å². The Morgan fingerprint density at radius 3 is 2.01 bits per heavy atom. The van der Waals surface area contributed by atoms with Crippen molar-refractivity contribution in [2.75, 3.05) is 32.8 Å². The number of carbonyl (C=O) groups excluding carboxylic acids is 8. The minimum absolute atomic E-state index is 0.00469. The second kappa shape index (κ2) is 29.4. The number of rotatable bonds is 20. The number of hydrogen-bond donors (Lipinski definition) is 15. The third kappa shape index (κ3) is 16.7. The van der Waals surface area contributed by atoms with Crippen LogP contribution in [0.2, 0.25) is 0 Å². The molecule has 14 atom stereocenters. The summed E-state index contributed by atoms with van der Waals surface area (Å²) in [7, 11) is 0. The van der Waals surface area contributed by atoms with Gasteiger partial charge in [-0.05, 0) is 61.7 Å². The topological polar surface area (TPSA) is 436 Å². The van der Waals surface area contributed by atoms with Crippen LogP contribution in [0.3, 0.4) is 0 Å². The Labute approximate surface area is 450 Å². The van der Waals surface area contributed by atoms with Crippen molar-refractivity contribution in [3.63, 3.8) is 0 Å². The van der Waals surface area contributed by atoms with E-state index < -0.39 is 165 Å². The summed E-state index contributed by atoms with van der Waals surface area (Å²) in [6, 6.07) is -1.63. The van der Waals surface area contributed by atoms with Gasteiger partial charge in [-0.1, -0.05) is 51.2 Å². The number of aromatic hydroxyl groups is 1. The van der Waals surface area contributed by atoms with E-state index in [1.54, 1.807) is 0 Å². The molecular formula is C51H75N9O18. The van der Waals surface area contributed by atoms with Gasteiger partial charge in [-0.25, -0.2) is 0 Å². The van der Waals surface area contributed by atoms with E-state index in [1.807, 2.05) is 0 Å². The molecule has 0 saturated carbocycles. The normalized spacial score (nSPS) is 27.4. The van der Waals surface area contributed by atoms with E-state index in [9.17, 15) is 79.2 Å². The summed E-state index contributed by atoms with van der Waals surface area (Å²) in [6.45, 7) is 2.05. The number of phenolic OH excluding ortho intramolecular Hbond substituents is 1. The fraction of sp³-hybridized carbons (Fsp3) is 0.608. The van der Waals surface area contributed by atoms with Crippen molar-refractivity contribution in [1.82, 2.24) is 36.4 Å². The van der Waals surface area contributed by atoms with Crippen LogP contribution in [0, 0.1) is 0 Å². The molecule has 0 radical (unpaired) electrons. The molecule has 3 fully saturated rings. The van der Waals surface area contributed by atoms with Crippen molar-refractivity contribution in [3.05, 3.63) is 59.7 Å². The molecular weight excluding hydrogens is 1030 g/mol. The Kier molecular flexibility index (Phi) is 23.5. The standard InChI is InChI=1S/C51H75N9O18/c1-3-4-5-6-7-8-20-77-31-15-11-28(12-16-31)44(70)54-32-23-36(66)49(78-21-18-52)58-48(74)41-34(64)17-19-59(41)51(76)39(35(65)24-37(53)67)56-47(73)40(43(69)42(68)27-9-13-29(62)14-10-27)57-46(72)33-22-30(63)25-60(33)50(75)38(26(2)61)55-45(32)71/h9-16,26,30,32-36,38-43,49,61-66,68-69H,3-8,17-25,52H2,1-2H3,(H2,53,67)(H,54,70)(H,55,71)(H,56,73)(H,57,72)(H,58,74)/t26-,30?,32+,33?,34+,35+,36-,38?,39?,40?,41?,42+,43+,49-/m1/s1. The van der Waals surface area contributed by atoms with Crippen LogP contribution in [0.25, 0.3) is 0 Å². The number of nitrogens with two attached hydrogens (primary N) is 2. The van der Waals surface area contributed by atoms with E-state index >= 15 is 0 Å². The van der Waals surface area contributed by atoms with Crippen molar-refractivity contribution in [2.24, 2.45) is 11.5 Å². The van der Waals surface area contributed by atoms with E-state index in [0.717, 1.165) is 79.5 Å². The summed E-state index contributed by atoms with van der Waals surface area (Å²) >= 11 is 0. The Balaban J connectivity index is 1.57. The second-order valence-electron chi connectivity index (χ2n) is 19.8. The molecule has 3 aliphatic heterocycles. The predicted molar refractivity (Wildman–Crippen MR) is 273 cm³/mol. The first kappa shape index (κ1) is 62.3. The number of aliphatic hydroxyl groups is 7. The molecule has 17 N–H and O–H groups in total. The zero-order valence-electron chi connectivity index (χ0n) is 43.5. The van der Waals surface area contributed by atoms with Crippen LogP contribution >= 0.6 is 0 Å². The molecule has 0 aromatic heterocycles. The quantitative estimate of drug-likeness (QED) is 0.0556. The van der Waals surface area contributed by atoms with E-state index in [4.69, 9.17) is 20.9 Å². The van der Waals surface area contributed by atoms with Gasteiger partial charge in [-0.2, -0.15) is 0 Å². The van der Waals surface area contributed by atoms with Crippen LogP contribution in [-0.4, -0.2) is 210 Å². The van der Waals surface area contributed by atoms with Gasteiger partial charge in [0.1, 0.15) is 66.1 Å². The van der Waals surface area contributed by atoms with Crippen LogP contribution in [0.4, 0.5) is 0 Å². The summed E-state index contributed by atoms with van der Waals surface area (Å²) in [5.41, 5.74) is 11.0. The molecule has 6 unspecified atom stereocenters. The monoisotopic (exact) mass is 1100 g/mol. The lowest BCUT2D eigenvalue weighted by atomic mass is 9.96. The highest BCUT2D eigenvalue weighted by Gasteiger charge is 2.49. The predicted octanol–water partition coefficient (Wildman–Crippen LogP) is -4.50. The third-order valence-electron chi connectivity index (χ3n) is 13.7. The molecule has 0 bridgehead atoms. The van der Waals surface area contributed by atoms with Crippen molar-refractivity contribution in [2.45, 2.75) is 163 Å². The van der Waals surface area contributed by atoms with Crippen molar-refractivity contribution < 1.29 is 88.7 Å². The Morgan fingerprint density at radius 2 is 1.37 bits per heavy atom. The molecule has 2 aromatic rings. The zero-order valence-corrected chi connectivity index (χ0v) is 43.5. The van der Waals surface area contributed by atoms with Gasteiger partial charge in [0.2, 0.25) is 41.4 Å². The number of ether oxygens (including phenoxy) is 2. The lowest BCUT2D eigenvalue weighted by Gasteiger charge is -2.34. The van der Waals surface area contributed by atoms with E-state index in [1.165, 1.54) is 24.3 Å². The largest absolute Gasteiger partial charge is 0.508 e. The smallest absolute Gasteiger partial charge is 0.251 e. The van der Waals surface area contributed by atoms with Gasteiger partial charge in [0.05, 0.1) is 44.1 Å². The lowest BCUT2D eigenvalue weighted by Crippen LogP contribution is -2.64. The number of fused-ring (bicyclic) bond motifs is 2. The molecule has 3 aliphatic rings. The maximum Gasteiger partial charge on any atom is 0.251 e. The summed E-state index contributed by atoms with van der Waals surface area (Å²) in [5.74, 6) is -9.61. The maximum absolute atomic E-state index is 14.6. The lowest BCUT2D eigenvalue weighted by molar-refractivity contribution is -0.150. The molecule has 27 heteroatoms. The van der Waals surface area contributed by atoms with Crippen LogP contribution < -0.4 is 42.8 Å². The minimum atomic E-state index is -2.37. The molecule has 432 valence electrons. The number of aliphatic hydroxyl groups excluding tert-OH is 7. The highest BCUT2D eigenvalue weighted by molar-refractivity contribution is 6.00. The molecule has 0 spiro atoms. The van der Waals surface area contributed by atoms with E-state index in [0.29, 0.717) is 12.4 Å². The fourth-order valence-corrected chi connectivity index (χ4v) is 9.42. The van der Waals surface area contributed by atoms with Gasteiger partial charge in [0.15, 0.2) is 6.23 Å². The molecule has 78 heavy (non-hydrogen) atoms. The van der Waals surface area contributed by atoms with Crippen LogP contribution in [-0.2, 0) is 38.3 Å². The number of phenols is 1. The summed E-state index contributed by atoms with van der Waals surface area (Å²) in [5, 5.41) is 101. The third-order valence-corrected chi connectivity index (χ3v) is 13.7. The van der Waals surface area contributed by atoms with Gasteiger partial charge < -0.3 is 98.2 Å². The fourth-order valence-electron chi connectivity index (χ4n) is 9.42. The number of benzene rings is 2. The summed E-state index contributed by atoms with van der Waals surface area (Å²) in [4.78, 5) is 114. The summed E-state index contributed by atoms with van der Waals surface area (Å²) < 4.78 is 11.5. The first-order valence-corrected chi connectivity index (χ1v) is 26.1. The molecule has 3 heterocycles. The number of amides is 8. The molecule has 2 aromatic carbocycles. The molecule has 5 rings (SSSR count). The Hall–Kier alpha value is -6.56. The number of unbranched alkanes of at least 4 members (excludes halogenated alkanes) is 5. The molecule has 0 aliphatic carbocycles. The number of hydrogen-bond acceptors (Lipinski definition) is 19. The zero-order chi connectivity index (χ0) is 57.4. The van der Waals surface area contributed by atoms with E-state index in [2.05, 4.69) is 33.5 Å². The van der Waals surface area contributed by atoms with Crippen LogP contribution in [0.5, 0.6) is 11.5 Å².